The summed E-state index contributed by atoms with van der Waals surface area (Å²) < 4.78 is 0. The Morgan fingerprint density at radius 3 is 0.483 bits per heavy atom. The summed E-state index contributed by atoms with van der Waals surface area (Å²) in [5.41, 5.74) is -1.80. The minimum atomic E-state index is -0.450. The van der Waals surface area contributed by atoms with Crippen LogP contribution in [0.1, 0.15) is 134 Å². The first-order valence-electron chi connectivity index (χ1n) is 11.1. The zero-order valence-electron chi connectivity index (χ0n) is 21.9. The second kappa shape index (κ2) is 20.6. The van der Waals surface area contributed by atoms with Crippen molar-refractivity contribution >= 4 is 0 Å². The van der Waals surface area contributed by atoms with E-state index in [0.717, 1.165) is 51.4 Å². The third-order valence-electron chi connectivity index (χ3n) is 3.45. The van der Waals surface area contributed by atoms with Gasteiger partial charge in [-0.25, -0.2) is 0 Å². The molecule has 0 radical (unpaired) electrons. The molecule has 4 N–H and O–H groups in total. The Morgan fingerprint density at radius 2 is 0.483 bits per heavy atom. The molecular weight excluding hydrogens is 443 g/mol. The van der Waals surface area contributed by atoms with Crippen LogP contribution in [0.2, 0.25) is 0 Å². The molecule has 0 amide bonds. The molecule has 29 heavy (non-hydrogen) atoms. The summed E-state index contributed by atoms with van der Waals surface area (Å²) in [7, 11) is 0. The van der Waals surface area contributed by atoms with Gasteiger partial charge in [-0.05, 0) is 81.1 Å². The van der Waals surface area contributed by atoms with Gasteiger partial charge in [-0.15, -0.1) is 0 Å². The second-order valence-corrected chi connectivity index (χ2v) is 10.2. The maximum absolute atomic E-state index is 9.02. The molecule has 0 atom stereocenters. The van der Waals surface area contributed by atoms with E-state index < -0.39 is 22.4 Å². The summed E-state index contributed by atoms with van der Waals surface area (Å²) in [6.45, 7) is 22.9. The topological polar surface area (TPSA) is 80.9 Å². The molecule has 5 heteroatoms. The van der Waals surface area contributed by atoms with Crippen molar-refractivity contribution in [2.24, 2.45) is 0 Å². The molecule has 0 aliphatic carbocycles. The average molecular weight is 500 g/mol. The van der Waals surface area contributed by atoms with Gasteiger partial charge in [-0.2, -0.15) is 0 Å². The van der Waals surface area contributed by atoms with Crippen molar-refractivity contribution in [2.75, 3.05) is 0 Å². The summed E-state index contributed by atoms with van der Waals surface area (Å²) in [4.78, 5) is 0. The SMILES string of the molecule is CCCC(C)(C)O.CCCC(C)(C)O.CCCC(C)(C)O.CCCC(C)(C)O.[Zr]. The van der Waals surface area contributed by atoms with E-state index >= 15 is 0 Å². The Balaban J connectivity index is -0.0000000873. The monoisotopic (exact) mass is 498 g/mol. The molecule has 0 aromatic carbocycles. The van der Waals surface area contributed by atoms with Gasteiger partial charge in [0.25, 0.3) is 0 Å². The molecule has 0 bridgehead atoms. The molecule has 180 valence electrons. The van der Waals surface area contributed by atoms with Crippen molar-refractivity contribution in [3.8, 4) is 0 Å². The van der Waals surface area contributed by atoms with E-state index in [1.54, 1.807) is 0 Å². The van der Waals surface area contributed by atoms with Crippen LogP contribution in [0.4, 0.5) is 0 Å². The van der Waals surface area contributed by atoms with E-state index in [-0.39, 0.29) is 26.2 Å². The molecule has 0 heterocycles. The number of hydrogen-bond donors (Lipinski definition) is 4. The van der Waals surface area contributed by atoms with Crippen molar-refractivity contribution in [2.45, 2.75) is 157 Å². The van der Waals surface area contributed by atoms with Crippen LogP contribution in [-0.4, -0.2) is 42.8 Å². The second-order valence-electron chi connectivity index (χ2n) is 10.2. The molecule has 0 saturated carbocycles. The Bertz CT molecular complexity index is 241. The fourth-order valence-electron chi connectivity index (χ4n) is 2.45. The molecule has 0 fully saturated rings. The largest absolute Gasteiger partial charge is 0.390 e. The summed E-state index contributed by atoms with van der Waals surface area (Å²) in [6, 6.07) is 0. The fraction of sp³-hybridized carbons (Fsp3) is 1.00. The summed E-state index contributed by atoms with van der Waals surface area (Å²) in [5.74, 6) is 0. The Hall–Kier alpha value is 0.723. The molecule has 0 rings (SSSR count). The van der Waals surface area contributed by atoms with Crippen LogP contribution in [0.3, 0.4) is 0 Å². The Morgan fingerprint density at radius 1 is 0.379 bits per heavy atom. The first-order valence-corrected chi connectivity index (χ1v) is 11.1. The summed E-state index contributed by atoms with van der Waals surface area (Å²) in [5, 5.41) is 36.1. The van der Waals surface area contributed by atoms with Gasteiger partial charge < -0.3 is 20.4 Å². The maximum Gasteiger partial charge on any atom is 0.0591 e. The normalized spacial score (nSPS) is 11.6. The summed E-state index contributed by atoms with van der Waals surface area (Å²) in [6.07, 6.45) is 7.82. The van der Waals surface area contributed by atoms with Crippen LogP contribution >= 0.6 is 0 Å². The average Bonchev–Trinajstić information content (AvgIpc) is 2.34. The van der Waals surface area contributed by atoms with Gasteiger partial charge in [0, 0.05) is 26.2 Å². The zero-order chi connectivity index (χ0) is 23.7. The number of rotatable bonds is 8. The molecule has 0 aromatic rings. The van der Waals surface area contributed by atoms with Crippen molar-refractivity contribution in [1.29, 1.82) is 0 Å². The molecule has 0 aliphatic heterocycles. The molecule has 0 aromatic heterocycles. The quantitative estimate of drug-likeness (QED) is 0.319. The van der Waals surface area contributed by atoms with E-state index in [4.69, 9.17) is 20.4 Å². The van der Waals surface area contributed by atoms with Gasteiger partial charge >= 0.3 is 0 Å². The van der Waals surface area contributed by atoms with Crippen molar-refractivity contribution in [3.05, 3.63) is 0 Å². The minimum Gasteiger partial charge on any atom is -0.390 e. The first-order chi connectivity index (χ1) is 12.2. The minimum absolute atomic E-state index is 0. The van der Waals surface area contributed by atoms with Gasteiger partial charge in [-0.3, -0.25) is 0 Å². The van der Waals surface area contributed by atoms with Crippen LogP contribution < -0.4 is 0 Å². The summed E-state index contributed by atoms with van der Waals surface area (Å²) >= 11 is 0. The predicted octanol–water partition coefficient (Wildman–Crippen LogP) is 6.23. The maximum atomic E-state index is 9.02. The van der Waals surface area contributed by atoms with Crippen LogP contribution in [0, 0.1) is 0 Å². The van der Waals surface area contributed by atoms with E-state index in [9.17, 15) is 0 Å². The fourth-order valence-corrected chi connectivity index (χ4v) is 2.45. The molecule has 0 unspecified atom stereocenters. The standard InChI is InChI=1S/4C6H14O.Zr/c4*1-4-5-6(2,3)7;/h4*7H,4-5H2,1-3H3;. The van der Waals surface area contributed by atoms with Crippen LogP contribution in [-0.2, 0) is 26.2 Å². The van der Waals surface area contributed by atoms with Crippen LogP contribution in [0.25, 0.3) is 0 Å². The Labute approximate surface area is 203 Å². The van der Waals surface area contributed by atoms with Gasteiger partial charge in [-0.1, -0.05) is 53.4 Å². The first kappa shape index (κ1) is 40.1. The van der Waals surface area contributed by atoms with Gasteiger partial charge in [0.1, 0.15) is 0 Å². The van der Waals surface area contributed by atoms with Crippen molar-refractivity contribution in [1.82, 2.24) is 0 Å². The molecule has 0 saturated heterocycles. The van der Waals surface area contributed by atoms with Crippen LogP contribution in [0.5, 0.6) is 0 Å². The van der Waals surface area contributed by atoms with Gasteiger partial charge in [0.15, 0.2) is 0 Å². The molecular formula is C24H56O4Zr. The van der Waals surface area contributed by atoms with E-state index in [2.05, 4.69) is 27.7 Å². The number of hydrogen-bond acceptors (Lipinski definition) is 4. The van der Waals surface area contributed by atoms with Crippen molar-refractivity contribution in [3.63, 3.8) is 0 Å². The van der Waals surface area contributed by atoms with Crippen LogP contribution in [0.15, 0.2) is 0 Å². The molecule has 4 nitrogen and oxygen atoms in total. The number of aliphatic hydroxyl groups is 4. The molecule has 0 aliphatic rings. The van der Waals surface area contributed by atoms with E-state index in [0.29, 0.717) is 0 Å². The third-order valence-corrected chi connectivity index (χ3v) is 3.45. The smallest absolute Gasteiger partial charge is 0.0591 e. The predicted molar refractivity (Wildman–Crippen MR) is 125 cm³/mol. The zero-order valence-corrected chi connectivity index (χ0v) is 24.4. The van der Waals surface area contributed by atoms with Gasteiger partial charge in [0.2, 0.25) is 0 Å². The van der Waals surface area contributed by atoms with Gasteiger partial charge in [0.05, 0.1) is 22.4 Å². The van der Waals surface area contributed by atoms with E-state index in [1.165, 1.54) is 0 Å². The van der Waals surface area contributed by atoms with Crippen molar-refractivity contribution < 1.29 is 46.6 Å². The Kier molecular flexibility index (Phi) is 28.5. The molecule has 0 spiro atoms. The third kappa shape index (κ3) is 73.3. The van der Waals surface area contributed by atoms with E-state index in [1.807, 2.05) is 55.4 Å².